The fourth-order valence-electron chi connectivity index (χ4n) is 6.25. The van der Waals surface area contributed by atoms with Crippen LogP contribution < -0.4 is 10.6 Å². The van der Waals surface area contributed by atoms with Crippen LogP contribution in [0.5, 0.6) is 0 Å². The lowest BCUT2D eigenvalue weighted by atomic mass is 9.77. The molecular formula is C41H46ClN3O4. The minimum atomic E-state index is -0.809. The first-order valence-electron chi connectivity index (χ1n) is 17.1. The van der Waals surface area contributed by atoms with E-state index in [1.807, 2.05) is 80.6 Å². The number of dihydropyridines is 1. The van der Waals surface area contributed by atoms with Crippen LogP contribution in [0.1, 0.15) is 81.4 Å². The lowest BCUT2D eigenvalue weighted by Crippen LogP contribution is -2.41. The number of unbranched alkanes of at least 4 members (excludes halogenated alkanes) is 1. The van der Waals surface area contributed by atoms with E-state index in [0.29, 0.717) is 40.6 Å². The molecule has 3 unspecified atom stereocenters. The molecule has 0 aromatic heterocycles. The van der Waals surface area contributed by atoms with Gasteiger partial charge in [0, 0.05) is 23.9 Å². The number of nitrogens with one attached hydrogen (secondary N) is 2. The average Bonchev–Trinajstić information content (AvgIpc) is 3.11. The van der Waals surface area contributed by atoms with Crippen LogP contribution in [0.4, 0.5) is 0 Å². The van der Waals surface area contributed by atoms with Gasteiger partial charge in [0.1, 0.15) is 6.61 Å². The van der Waals surface area contributed by atoms with Crippen molar-refractivity contribution in [2.75, 3.05) is 19.8 Å². The lowest BCUT2D eigenvalue weighted by molar-refractivity contribution is -0.139. The molecule has 3 atom stereocenters. The molecule has 0 radical (unpaired) electrons. The summed E-state index contributed by atoms with van der Waals surface area (Å²) in [4.78, 5) is 28.3. The van der Waals surface area contributed by atoms with Crippen molar-refractivity contribution < 1.29 is 19.1 Å². The number of benzene rings is 3. The van der Waals surface area contributed by atoms with E-state index in [4.69, 9.17) is 26.3 Å². The number of amides is 1. The number of ether oxygens (including phenoxy) is 2. The Hall–Kier alpha value is -4.64. The van der Waals surface area contributed by atoms with E-state index < -0.39 is 18.0 Å². The summed E-state index contributed by atoms with van der Waals surface area (Å²) in [5.74, 6) is -1.57. The smallest absolute Gasteiger partial charge is 0.336 e. The predicted molar refractivity (Wildman–Crippen MR) is 195 cm³/mol. The number of hydrogen-bond donors (Lipinski definition) is 2. The third-order valence-corrected chi connectivity index (χ3v) is 8.78. The number of esters is 1. The minimum absolute atomic E-state index is 0.0561. The summed E-state index contributed by atoms with van der Waals surface area (Å²) in [6, 6.07) is 29.5. The van der Waals surface area contributed by atoms with Gasteiger partial charge in [-0.3, -0.25) is 4.79 Å². The Morgan fingerprint density at radius 3 is 2.43 bits per heavy atom. The van der Waals surface area contributed by atoms with Crippen molar-refractivity contribution in [2.45, 2.75) is 70.8 Å². The Labute approximate surface area is 295 Å². The van der Waals surface area contributed by atoms with E-state index in [9.17, 15) is 9.59 Å². The Balaban J connectivity index is 1.84. The highest BCUT2D eigenvalue weighted by Gasteiger charge is 2.41. The molecule has 256 valence electrons. The molecule has 1 aliphatic heterocycles. The largest absolute Gasteiger partial charge is 0.461 e. The summed E-state index contributed by atoms with van der Waals surface area (Å²) in [6.45, 7) is 6.57. The molecule has 2 N–H and O–H groups in total. The van der Waals surface area contributed by atoms with Crippen molar-refractivity contribution in [3.63, 3.8) is 0 Å². The zero-order valence-electron chi connectivity index (χ0n) is 28.6. The number of rotatable bonds is 17. The molecule has 1 aliphatic rings. The van der Waals surface area contributed by atoms with E-state index in [-0.39, 0.29) is 37.0 Å². The molecule has 0 saturated carbocycles. The van der Waals surface area contributed by atoms with Gasteiger partial charge in [-0.25, -0.2) is 4.79 Å². The van der Waals surface area contributed by atoms with Gasteiger partial charge in [-0.15, -0.1) is 0 Å². The third-order valence-electron chi connectivity index (χ3n) is 8.54. The summed E-state index contributed by atoms with van der Waals surface area (Å²) in [6.07, 6.45) is 7.12. The first-order chi connectivity index (χ1) is 23.9. The van der Waals surface area contributed by atoms with Gasteiger partial charge in [-0.1, -0.05) is 116 Å². The Kier molecular flexibility index (Phi) is 14.7. The number of carbonyl (C=O) groups excluding carboxylic acids is 2. The second-order valence-corrected chi connectivity index (χ2v) is 12.4. The van der Waals surface area contributed by atoms with Crippen LogP contribution in [0.2, 0.25) is 5.02 Å². The summed E-state index contributed by atoms with van der Waals surface area (Å²) in [7, 11) is 0. The van der Waals surface area contributed by atoms with Crippen molar-refractivity contribution in [2.24, 2.45) is 0 Å². The van der Waals surface area contributed by atoms with Gasteiger partial charge in [-0.2, -0.15) is 5.26 Å². The first kappa shape index (κ1) is 37.2. The number of carbonyl (C=O) groups is 2. The van der Waals surface area contributed by atoms with Crippen LogP contribution >= 0.6 is 11.6 Å². The molecule has 1 amide bonds. The van der Waals surface area contributed by atoms with Crippen molar-refractivity contribution >= 4 is 29.6 Å². The van der Waals surface area contributed by atoms with Gasteiger partial charge in [-0.05, 0) is 61.4 Å². The summed E-state index contributed by atoms with van der Waals surface area (Å²) in [5.41, 5.74) is 4.73. The fraction of sp³-hybridized carbons (Fsp3) is 0.341. The molecule has 1 heterocycles. The molecule has 8 heteroatoms. The highest BCUT2D eigenvalue weighted by molar-refractivity contribution is 6.30. The van der Waals surface area contributed by atoms with Crippen LogP contribution in [0.3, 0.4) is 0 Å². The number of nitriles is 1. The monoisotopic (exact) mass is 679 g/mol. The maximum absolute atomic E-state index is 14.5. The zero-order chi connectivity index (χ0) is 35.0. The summed E-state index contributed by atoms with van der Waals surface area (Å²) in [5, 5.41) is 16.1. The van der Waals surface area contributed by atoms with Gasteiger partial charge in [0.2, 0.25) is 5.91 Å². The maximum atomic E-state index is 14.5. The highest BCUT2D eigenvalue weighted by Crippen LogP contribution is 2.42. The SMILES string of the molecule is CCCCC(CC(OCC)C1=C(C(=O)NCC=Cc2ccccc2)C(c2cccc(Cl)c2)C(C(=O)OCCC#N)=C(C)N1)c1ccccc1. The van der Waals surface area contributed by atoms with E-state index in [1.165, 1.54) is 5.56 Å². The third kappa shape index (κ3) is 10.4. The number of hydrogen-bond acceptors (Lipinski definition) is 6. The molecule has 49 heavy (non-hydrogen) atoms. The van der Waals surface area contributed by atoms with E-state index in [0.717, 1.165) is 24.8 Å². The molecule has 3 aromatic rings. The summed E-state index contributed by atoms with van der Waals surface area (Å²) >= 11 is 6.52. The quantitative estimate of drug-likeness (QED) is 0.109. The first-order valence-corrected chi connectivity index (χ1v) is 17.4. The van der Waals surface area contributed by atoms with Crippen LogP contribution in [-0.4, -0.2) is 37.7 Å². The topological polar surface area (TPSA) is 100 Å². The van der Waals surface area contributed by atoms with Crippen molar-refractivity contribution in [1.82, 2.24) is 10.6 Å². The van der Waals surface area contributed by atoms with E-state index >= 15 is 0 Å². The van der Waals surface area contributed by atoms with Crippen molar-refractivity contribution in [3.8, 4) is 6.07 Å². The number of halogens is 1. The van der Waals surface area contributed by atoms with Crippen LogP contribution in [-0.2, 0) is 19.1 Å². The molecule has 0 bridgehead atoms. The summed E-state index contributed by atoms with van der Waals surface area (Å²) < 4.78 is 12.1. The Morgan fingerprint density at radius 2 is 1.76 bits per heavy atom. The van der Waals surface area contributed by atoms with E-state index in [1.54, 1.807) is 12.1 Å². The van der Waals surface area contributed by atoms with Crippen LogP contribution in [0.25, 0.3) is 6.08 Å². The second kappa shape index (κ2) is 19.4. The molecule has 0 spiro atoms. The number of nitrogens with zero attached hydrogens (tertiary/aromatic N) is 1. The predicted octanol–water partition coefficient (Wildman–Crippen LogP) is 8.61. The maximum Gasteiger partial charge on any atom is 0.336 e. The minimum Gasteiger partial charge on any atom is -0.461 e. The Morgan fingerprint density at radius 1 is 1.02 bits per heavy atom. The number of allylic oxidation sites excluding steroid dienone is 1. The molecule has 0 fully saturated rings. The molecule has 7 nitrogen and oxygen atoms in total. The van der Waals surface area contributed by atoms with Gasteiger partial charge in [0.15, 0.2) is 0 Å². The molecule has 4 rings (SSSR count). The zero-order valence-corrected chi connectivity index (χ0v) is 29.3. The highest BCUT2D eigenvalue weighted by atomic mass is 35.5. The van der Waals surface area contributed by atoms with Crippen molar-refractivity contribution in [1.29, 1.82) is 5.26 Å². The van der Waals surface area contributed by atoms with Gasteiger partial charge >= 0.3 is 5.97 Å². The molecule has 0 aliphatic carbocycles. The van der Waals surface area contributed by atoms with Gasteiger partial charge in [0.25, 0.3) is 0 Å². The molecule has 0 saturated heterocycles. The van der Waals surface area contributed by atoms with Crippen molar-refractivity contribution in [3.05, 3.63) is 135 Å². The Bertz CT molecular complexity index is 1680. The molecular weight excluding hydrogens is 634 g/mol. The second-order valence-electron chi connectivity index (χ2n) is 12.0. The lowest BCUT2D eigenvalue weighted by Gasteiger charge is -2.36. The molecule has 3 aromatic carbocycles. The van der Waals surface area contributed by atoms with Gasteiger partial charge < -0.3 is 20.1 Å². The van der Waals surface area contributed by atoms with Gasteiger partial charge in [0.05, 0.1) is 41.4 Å². The van der Waals surface area contributed by atoms with Crippen LogP contribution in [0.15, 0.2) is 114 Å². The standard InChI is InChI=1S/C41H46ClN3O4/c1-4-6-19-32(31-20-11-8-12-21-31)28-35(48-5-2)39-38(40(46)44-25-14-18-30-16-9-7-10-17-30)37(33-22-13-23-34(42)27-33)36(29(3)45-39)41(47)49-26-15-24-43/h7-14,16-18,20-23,27,32,35,37,45H,4-6,15,19,25-26,28H2,1-3H3,(H,44,46). The normalized spacial score (nSPS) is 15.8. The fourth-order valence-corrected chi connectivity index (χ4v) is 6.45. The van der Waals surface area contributed by atoms with Crippen LogP contribution in [0, 0.1) is 11.3 Å². The van der Waals surface area contributed by atoms with E-state index in [2.05, 4.69) is 41.8 Å². The average molecular weight is 680 g/mol.